The summed E-state index contributed by atoms with van der Waals surface area (Å²) < 4.78 is 37.9. The lowest BCUT2D eigenvalue weighted by Crippen LogP contribution is -2.04. The molecule has 0 aliphatic carbocycles. The Morgan fingerprint density at radius 2 is 1.78 bits per heavy atom. The molecule has 3 rings (SSSR count). The highest BCUT2D eigenvalue weighted by atomic mass is 35.5. The summed E-state index contributed by atoms with van der Waals surface area (Å²) in [6.45, 7) is 0. The lowest BCUT2D eigenvalue weighted by Gasteiger charge is -2.08. The molecule has 0 nitrogen and oxygen atoms in total. The summed E-state index contributed by atoms with van der Waals surface area (Å²) in [5, 5.41) is 0.602. The number of benzene rings is 2. The maximum atomic E-state index is 12.6. The molecule has 92 valence electrons. The van der Waals surface area contributed by atoms with Crippen LogP contribution in [0, 0.1) is 0 Å². The quantitative estimate of drug-likeness (QED) is 0.533. The Kier molecular flexibility index (Phi) is 2.61. The fourth-order valence-corrected chi connectivity index (χ4v) is 2.84. The second-order valence-corrected chi connectivity index (χ2v) is 5.43. The van der Waals surface area contributed by atoms with E-state index in [1.54, 1.807) is 23.9 Å². The van der Waals surface area contributed by atoms with E-state index in [1.807, 2.05) is 6.07 Å². The Labute approximate surface area is 111 Å². The molecule has 0 unspecified atom stereocenters. The van der Waals surface area contributed by atoms with Crippen molar-refractivity contribution >= 4 is 23.4 Å². The van der Waals surface area contributed by atoms with Gasteiger partial charge in [-0.1, -0.05) is 35.5 Å². The van der Waals surface area contributed by atoms with Crippen LogP contribution in [0.1, 0.15) is 5.56 Å². The monoisotopic (exact) mass is 286 g/mol. The smallest absolute Gasteiger partial charge is 0.166 e. The third-order valence-electron chi connectivity index (χ3n) is 2.70. The second kappa shape index (κ2) is 3.93. The Morgan fingerprint density at radius 1 is 1.00 bits per heavy atom. The number of hydrogen-bond acceptors (Lipinski definition) is 1. The molecule has 0 aromatic heterocycles. The van der Waals surface area contributed by atoms with E-state index in [0.29, 0.717) is 10.6 Å². The first-order valence-electron chi connectivity index (χ1n) is 5.14. The molecule has 2 aromatic rings. The van der Waals surface area contributed by atoms with Gasteiger partial charge in [0.05, 0.1) is 10.6 Å². The summed E-state index contributed by atoms with van der Waals surface area (Å²) in [5.41, 5.74) is 0.602. The molecule has 0 fully saturated rings. The molecule has 0 saturated heterocycles. The van der Waals surface area contributed by atoms with Crippen molar-refractivity contribution in [2.24, 2.45) is 0 Å². The first kappa shape index (κ1) is 11.9. The normalized spacial score (nSPS) is 13.3. The van der Waals surface area contributed by atoms with Crippen LogP contribution >= 0.6 is 23.4 Å². The highest BCUT2D eigenvalue weighted by molar-refractivity contribution is 8.05. The molecule has 18 heavy (non-hydrogen) atoms. The SMILES string of the molecule is FC(F)(F)c1cccc(-c2cc(Cl)c3c(c2)S3)c1. The minimum Gasteiger partial charge on any atom is -0.166 e. The molecule has 1 aliphatic heterocycles. The lowest BCUT2D eigenvalue weighted by atomic mass is 10.0. The number of halogens is 4. The molecule has 0 N–H and O–H groups in total. The van der Waals surface area contributed by atoms with Gasteiger partial charge in [-0.25, -0.2) is 0 Å². The summed E-state index contributed by atoms with van der Waals surface area (Å²) in [6.07, 6.45) is -4.32. The van der Waals surface area contributed by atoms with Crippen molar-refractivity contribution in [2.45, 2.75) is 16.0 Å². The lowest BCUT2D eigenvalue weighted by molar-refractivity contribution is -0.137. The zero-order valence-electron chi connectivity index (χ0n) is 8.88. The third kappa shape index (κ3) is 2.10. The molecule has 0 radical (unpaired) electrons. The Balaban J connectivity index is 2.07. The Bertz CT molecular complexity index is 635. The van der Waals surface area contributed by atoms with Gasteiger partial charge in [-0.3, -0.25) is 0 Å². The minimum absolute atomic E-state index is 0.530. The van der Waals surface area contributed by atoms with E-state index in [0.717, 1.165) is 27.5 Å². The predicted molar refractivity (Wildman–Crippen MR) is 66.0 cm³/mol. The van der Waals surface area contributed by atoms with Crippen molar-refractivity contribution in [3.63, 3.8) is 0 Å². The average molecular weight is 287 g/mol. The van der Waals surface area contributed by atoms with Crippen molar-refractivity contribution in [3.05, 3.63) is 47.0 Å². The van der Waals surface area contributed by atoms with Crippen molar-refractivity contribution in [1.29, 1.82) is 0 Å². The number of rotatable bonds is 1. The van der Waals surface area contributed by atoms with Crippen molar-refractivity contribution < 1.29 is 13.2 Å². The third-order valence-corrected chi connectivity index (χ3v) is 4.09. The van der Waals surface area contributed by atoms with Gasteiger partial charge in [0.2, 0.25) is 0 Å². The zero-order chi connectivity index (χ0) is 12.9. The van der Waals surface area contributed by atoms with Crippen LogP contribution in [0.15, 0.2) is 46.2 Å². The summed E-state index contributed by atoms with van der Waals surface area (Å²) in [7, 11) is 0. The summed E-state index contributed by atoms with van der Waals surface area (Å²) in [4.78, 5) is 2.06. The number of hydrogen-bond donors (Lipinski definition) is 0. The van der Waals surface area contributed by atoms with E-state index in [2.05, 4.69) is 0 Å². The van der Waals surface area contributed by atoms with Gasteiger partial charge in [0.25, 0.3) is 0 Å². The summed E-state index contributed by atoms with van der Waals surface area (Å²) in [5.74, 6) is 0. The van der Waals surface area contributed by atoms with Crippen LogP contribution in [0.3, 0.4) is 0 Å². The predicted octanol–water partition coefficient (Wildman–Crippen LogP) is 5.49. The Hall–Kier alpha value is -1.13. The van der Waals surface area contributed by atoms with E-state index in [4.69, 9.17) is 11.6 Å². The van der Waals surface area contributed by atoms with Crippen molar-refractivity contribution in [2.75, 3.05) is 0 Å². The topological polar surface area (TPSA) is 0 Å². The van der Waals surface area contributed by atoms with Crippen LogP contribution < -0.4 is 0 Å². The van der Waals surface area contributed by atoms with Gasteiger partial charge in [0.1, 0.15) is 0 Å². The maximum absolute atomic E-state index is 12.6. The van der Waals surface area contributed by atoms with E-state index in [-0.39, 0.29) is 0 Å². The fourth-order valence-electron chi connectivity index (χ4n) is 1.77. The van der Waals surface area contributed by atoms with Crippen LogP contribution in [-0.2, 0) is 6.18 Å². The highest BCUT2D eigenvalue weighted by Gasteiger charge is 2.30. The van der Waals surface area contributed by atoms with Gasteiger partial charge < -0.3 is 0 Å². The number of fused-ring (bicyclic) bond motifs is 1. The first-order chi connectivity index (χ1) is 8.45. The molecule has 2 aromatic carbocycles. The molecule has 0 saturated carbocycles. The Morgan fingerprint density at radius 3 is 2.44 bits per heavy atom. The van der Waals surface area contributed by atoms with Gasteiger partial charge in [-0.05, 0) is 35.4 Å². The van der Waals surface area contributed by atoms with Crippen molar-refractivity contribution in [3.8, 4) is 11.1 Å². The fraction of sp³-hybridized carbons (Fsp3) is 0.0769. The largest absolute Gasteiger partial charge is 0.416 e. The van der Waals surface area contributed by atoms with Gasteiger partial charge in [0, 0.05) is 9.79 Å². The molecule has 0 spiro atoms. The summed E-state index contributed by atoms with van der Waals surface area (Å²) in [6, 6.07) is 8.84. The molecule has 0 bridgehead atoms. The molecule has 1 aliphatic rings. The van der Waals surface area contributed by atoms with Crippen LogP contribution in [0.2, 0.25) is 5.02 Å². The average Bonchev–Trinajstić information content (AvgIpc) is 3.08. The summed E-state index contributed by atoms with van der Waals surface area (Å²) >= 11 is 7.55. The second-order valence-electron chi connectivity index (χ2n) is 3.97. The van der Waals surface area contributed by atoms with E-state index in [1.165, 1.54) is 6.07 Å². The first-order valence-corrected chi connectivity index (χ1v) is 6.33. The minimum atomic E-state index is -4.32. The molecule has 1 heterocycles. The van der Waals surface area contributed by atoms with Gasteiger partial charge >= 0.3 is 6.18 Å². The van der Waals surface area contributed by atoms with Crippen LogP contribution in [-0.4, -0.2) is 0 Å². The van der Waals surface area contributed by atoms with E-state index in [9.17, 15) is 13.2 Å². The maximum Gasteiger partial charge on any atom is 0.416 e. The van der Waals surface area contributed by atoms with Gasteiger partial charge in [0.15, 0.2) is 0 Å². The molecular formula is C13H6ClF3S. The standard InChI is InChI=1S/C13H6ClF3S/c14-10-5-8(6-11-12(10)18-11)7-2-1-3-9(4-7)13(15,16)17/h1-6H. The molecule has 0 atom stereocenters. The van der Waals surface area contributed by atoms with Crippen LogP contribution in [0.25, 0.3) is 11.1 Å². The zero-order valence-corrected chi connectivity index (χ0v) is 10.5. The van der Waals surface area contributed by atoms with Gasteiger partial charge in [-0.2, -0.15) is 13.2 Å². The highest BCUT2D eigenvalue weighted by Crippen LogP contribution is 2.54. The number of alkyl halides is 3. The van der Waals surface area contributed by atoms with Gasteiger partial charge in [-0.15, -0.1) is 0 Å². The molecular weight excluding hydrogens is 281 g/mol. The van der Waals surface area contributed by atoms with E-state index < -0.39 is 11.7 Å². The molecule has 5 heteroatoms. The van der Waals surface area contributed by atoms with E-state index >= 15 is 0 Å². The molecule has 0 amide bonds. The van der Waals surface area contributed by atoms with Crippen LogP contribution in [0.4, 0.5) is 13.2 Å². The van der Waals surface area contributed by atoms with Crippen LogP contribution in [0.5, 0.6) is 0 Å². The van der Waals surface area contributed by atoms with Crippen molar-refractivity contribution in [1.82, 2.24) is 0 Å².